The van der Waals surface area contributed by atoms with Crippen LogP contribution in [0.4, 0.5) is 22.7 Å². The number of nitrogens with zero attached hydrogens (tertiary/aromatic N) is 1. The number of nitrogens with two attached hydrogens (primary N) is 1. The number of nitrogen functional groups attached to an aromatic ring is 1. The van der Waals surface area contributed by atoms with Gasteiger partial charge in [-0.3, -0.25) is 0 Å². The van der Waals surface area contributed by atoms with Gasteiger partial charge in [-0.25, -0.2) is 0 Å². The number of para-hydroxylation sites is 2. The lowest BCUT2D eigenvalue weighted by Gasteiger charge is -2.32. The highest BCUT2D eigenvalue weighted by Gasteiger charge is 2.42. The molecule has 0 atom stereocenters. The minimum Gasteiger partial charge on any atom is -0.398 e. The van der Waals surface area contributed by atoms with E-state index in [0.29, 0.717) is 0 Å². The van der Waals surface area contributed by atoms with Gasteiger partial charge in [0.15, 0.2) is 0 Å². The second kappa shape index (κ2) is 15.7. The van der Waals surface area contributed by atoms with Crippen molar-refractivity contribution in [3.63, 3.8) is 0 Å². The molecule has 7 aromatic rings. The topological polar surface area (TPSA) is 29.3 Å². The zero-order valence-electron chi connectivity index (χ0n) is 36.8. The molecular formula is C57H58N2SSi. The van der Waals surface area contributed by atoms with Crippen molar-refractivity contribution in [2.75, 3.05) is 10.6 Å². The fourth-order valence-electron chi connectivity index (χ4n) is 10.8. The molecule has 0 saturated heterocycles. The number of hydrogen-bond donors (Lipinski definition) is 2. The molecule has 0 bridgehead atoms. The van der Waals surface area contributed by atoms with Crippen LogP contribution in [0.5, 0.6) is 0 Å². The SMILES string of the molecule is CCC1(CC)c2cc(/C=C/c3ccc4c(c3)C(CC)(CC)c3cc(N(c5ccccc5)c5ccccc5)ccc3-4)ccc2-c2ccc(-c3ccc([Si](C)(C)C)c(N)c3S)cc21. The van der Waals surface area contributed by atoms with E-state index >= 15 is 0 Å². The molecule has 0 fully saturated rings. The Kier molecular flexibility index (Phi) is 10.5. The van der Waals surface area contributed by atoms with Crippen molar-refractivity contribution in [2.45, 2.75) is 88.7 Å². The van der Waals surface area contributed by atoms with Gasteiger partial charge in [-0.15, -0.1) is 12.6 Å². The molecule has 0 amide bonds. The van der Waals surface area contributed by atoms with E-state index in [-0.39, 0.29) is 10.8 Å². The highest BCUT2D eigenvalue weighted by Crippen LogP contribution is 2.56. The van der Waals surface area contributed by atoms with E-state index in [1.54, 1.807) is 0 Å². The first-order valence-electron chi connectivity index (χ1n) is 22.3. The van der Waals surface area contributed by atoms with Gasteiger partial charge in [0.05, 0.1) is 8.07 Å². The first-order valence-corrected chi connectivity index (χ1v) is 26.2. The molecule has 0 radical (unpaired) electrons. The molecule has 9 rings (SSSR count). The van der Waals surface area contributed by atoms with Gasteiger partial charge in [0.1, 0.15) is 0 Å². The predicted molar refractivity (Wildman–Crippen MR) is 270 cm³/mol. The number of anilines is 4. The standard InChI is InChI=1S/C57H58N2SSi/c1-8-56(9-2)49-34-38(24-28-45(49)47-30-26-40(36-51(47)56)44-32-33-53(61(5,6)7)54(58)55(44)60)22-23-39-25-29-46-48-31-27-43(37-52(48)57(10-3,11-4)50(46)35-39)59(41-18-14-12-15-19-41)42-20-16-13-17-21-42/h12-37,60H,8-11,58H2,1-7H3/b23-22+. The van der Waals surface area contributed by atoms with Crippen LogP contribution in [0.15, 0.2) is 150 Å². The normalized spacial score (nSPS) is 14.4. The van der Waals surface area contributed by atoms with Crippen LogP contribution in [-0.2, 0) is 10.8 Å². The third-order valence-corrected chi connectivity index (χ3v) is 16.8. The maximum atomic E-state index is 6.76. The van der Waals surface area contributed by atoms with Gasteiger partial charge in [0, 0.05) is 38.5 Å². The van der Waals surface area contributed by atoms with E-state index < -0.39 is 8.07 Å². The first-order chi connectivity index (χ1) is 29.5. The molecule has 2 N–H and O–H groups in total. The Hall–Kier alpha value is -5.55. The van der Waals surface area contributed by atoms with Crippen molar-refractivity contribution in [1.82, 2.24) is 0 Å². The van der Waals surface area contributed by atoms with Gasteiger partial charge in [-0.05, 0) is 140 Å². The monoisotopic (exact) mass is 830 g/mol. The zero-order valence-corrected chi connectivity index (χ0v) is 38.7. The molecule has 0 aliphatic heterocycles. The summed E-state index contributed by atoms with van der Waals surface area (Å²) in [6.07, 6.45) is 8.77. The fraction of sp³-hybridized carbons (Fsp3) is 0.228. The number of hydrogen-bond acceptors (Lipinski definition) is 3. The number of benzene rings is 7. The van der Waals surface area contributed by atoms with Gasteiger partial charge in [-0.1, -0.05) is 163 Å². The molecule has 61 heavy (non-hydrogen) atoms. The molecule has 2 aliphatic carbocycles. The summed E-state index contributed by atoms with van der Waals surface area (Å²) in [5, 5.41) is 1.27. The van der Waals surface area contributed by atoms with Gasteiger partial charge in [-0.2, -0.15) is 0 Å². The quantitative estimate of drug-likeness (QED) is 0.0589. The lowest BCUT2D eigenvalue weighted by Crippen LogP contribution is -2.39. The van der Waals surface area contributed by atoms with Gasteiger partial charge >= 0.3 is 0 Å². The molecule has 0 aromatic heterocycles. The van der Waals surface area contributed by atoms with Crippen LogP contribution >= 0.6 is 12.6 Å². The Balaban J connectivity index is 1.05. The predicted octanol–water partition coefficient (Wildman–Crippen LogP) is 15.6. The summed E-state index contributed by atoms with van der Waals surface area (Å²) < 4.78 is 0. The summed E-state index contributed by atoms with van der Waals surface area (Å²) in [6, 6.07) is 54.4. The van der Waals surface area contributed by atoms with Crippen LogP contribution in [0.3, 0.4) is 0 Å². The van der Waals surface area contributed by atoms with Gasteiger partial charge in [0.25, 0.3) is 0 Å². The van der Waals surface area contributed by atoms with Crippen molar-refractivity contribution in [3.8, 4) is 33.4 Å². The minimum absolute atomic E-state index is 0.0677. The molecule has 0 spiro atoms. The average Bonchev–Trinajstić information content (AvgIpc) is 3.72. The Morgan fingerprint density at radius 1 is 0.492 bits per heavy atom. The third kappa shape index (κ3) is 6.62. The van der Waals surface area contributed by atoms with Crippen LogP contribution < -0.4 is 15.8 Å². The Morgan fingerprint density at radius 2 is 0.918 bits per heavy atom. The molecule has 306 valence electrons. The van der Waals surface area contributed by atoms with Crippen molar-refractivity contribution >= 4 is 60.8 Å². The molecule has 2 aliphatic rings. The van der Waals surface area contributed by atoms with Crippen molar-refractivity contribution in [2.24, 2.45) is 0 Å². The largest absolute Gasteiger partial charge is 0.398 e. The average molecular weight is 831 g/mol. The lowest BCUT2D eigenvalue weighted by molar-refractivity contribution is 0.490. The maximum absolute atomic E-state index is 6.76. The van der Waals surface area contributed by atoms with Gasteiger partial charge < -0.3 is 10.6 Å². The highest BCUT2D eigenvalue weighted by atomic mass is 32.1. The van der Waals surface area contributed by atoms with Crippen LogP contribution in [-0.4, -0.2) is 8.07 Å². The Labute approximate surface area is 370 Å². The number of thiol groups is 1. The fourth-order valence-corrected chi connectivity index (χ4v) is 12.8. The molecule has 0 unspecified atom stereocenters. The van der Waals surface area contributed by atoms with E-state index in [9.17, 15) is 0 Å². The molecule has 0 saturated carbocycles. The summed E-state index contributed by atoms with van der Waals surface area (Å²) in [5.41, 5.74) is 26.9. The minimum atomic E-state index is -1.60. The Bertz CT molecular complexity index is 2770. The van der Waals surface area contributed by atoms with Crippen molar-refractivity contribution < 1.29 is 0 Å². The van der Waals surface area contributed by atoms with Crippen LogP contribution in [0.25, 0.3) is 45.5 Å². The van der Waals surface area contributed by atoms with Crippen molar-refractivity contribution in [1.29, 1.82) is 0 Å². The Morgan fingerprint density at radius 3 is 1.39 bits per heavy atom. The second-order valence-corrected chi connectivity index (χ2v) is 23.7. The van der Waals surface area contributed by atoms with E-state index in [0.717, 1.165) is 53.2 Å². The van der Waals surface area contributed by atoms with E-state index in [2.05, 4.69) is 210 Å². The molecule has 2 nitrogen and oxygen atoms in total. The summed E-state index contributed by atoms with van der Waals surface area (Å²) in [4.78, 5) is 3.28. The molecule has 0 heterocycles. The summed E-state index contributed by atoms with van der Waals surface area (Å²) in [7, 11) is -1.60. The second-order valence-electron chi connectivity index (χ2n) is 18.2. The summed E-state index contributed by atoms with van der Waals surface area (Å²) in [5.74, 6) is 0. The lowest BCUT2D eigenvalue weighted by atomic mass is 9.73. The third-order valence-electron chi connectivity index (χ3n) is 14.3. The van der Waals surface area contributed by atoms with Crippen LogP contribution in [0.1, 0.15) is 86.8 Å². The van der Waals surface area contributed by atoms with Crippen LogP contribution in [0.2, 0.25) is 19.6 Å². The van der Waals surface area contributed by atoms with E-state index in [4.69, 9.17) is 18.4 Å². The summed E-state index contributed by atoms with van der Waals surface area (Å²) >= 11 is 5.01. The zero-order chi connectivity index (χ0) is 42.7. The highest BCUT2D eigenvalue weighted by molar-refractivity contribution is 7.80. The smallest absolute Gasteiger partial charge is 0.0803 e. The van der Waals surface area contributed by atoms with Crippen molar-refractivity contribution in [3.05, 3.63) is 179 Å². The number of rotatable bonds is 11. The maximum Gasteiger partial charge on any atom is 0.0803 e. The van der Waals surface area contributed by atoms with Crippen LogP contribution in [0, 0.1) is 0 Å². The van der Waals surface area contributed by atoms with Gasteiger partial charge in [0.2, 0.25) is 0 Å². The van der Waals surface area contributed by atoms with E-state index in [1.807, 2.05) is 0 Å². The molecule has 7 aromatic carbocycles. The summed E-state index contributed by atoms with van der Waals surface area (Å²) in [6.45, 7) is 16.4. The first kappa shape index (κ1) is 40.8. The molecular weight excluding hydrogens is 773 g/mol. The molecule has 4 heteroatoms. The number of fused-ring (bicyclic) bond motifs is 6. The van der Waals surface area contributed by atoms with E-state index in [1.165, 1.54) is 72.1 Å².